The molecule has 16 heavy (non-hydrogen) atoms. The maximum atomic E-state index is 5.15. The van der Waals surface area contributed by atoms with Gasteiger partial charge in [-0.25, -0.2) is 0 Å². The molecule has 0 heterocycles. The lowest BCUT2D eigenvalue weighted by molar-refractivity contribution is 0.117. The van der Waals surface area contributed by atoms with Gasteiger partial charge in [0.25, 0.3) is 0 Å². The summed E-state index contributed by atoms with van der Waals surface area (Å²) in [6.07, 6.45) is 0.302. The van der Waals surface area contributed by atoms with Crippen molar-refractivity contribution in [2.45, 2.75) is 26.9 Å². The van der Waals surface area contributed by atoms with Gasteiger partial charge < -0.3 is 20.3 Å². The quantitative estimate of drug-likeness (QED) is 0.509. The number of ether oxygens (including phenoxy) is 1. The van der Waals surface area contributed by atoms with Gasteiger partial charge in [0.1, 0.15) is 0 Å². The maximum Gasteiger partial charge on any atom is 0.0667 e. The van der Waals surface area contributed by atoms with Crippen molar-refractivity contribution in [1.29, 1.82) is 0 Å². The first-order chi connectivity index (χ1) is 7.74. The van der Waals surface area contributed by atoms with Crippen molar-refractivity contribution in [3.8, 4) is 0 Å². The van der Waals surface area contributed by atoms with Crippen molar-refractivity contribution >= 4 is 0 Å². The van der Waals surface area contributed by atoms with Crippen LogP contribution in [0.5, 0.6) is 0 Å². The highest BCUT2D eigenvalue weighted by Crippen LogP contribution is 1.84. The number of hydrogen-bond acceptors (Lipinski definition) is 4. The summed E-state index contributed by atoms with van der Waals surface area (Å²) in [7, 11) is 1.74. The van der Waals surface area contributed by atoms with E-state index in [4.69, 9.17) is 4.74 Å². The summed E-state index contributed by atoms with van der Waals surface area (Å²) in [5.74, 6) is 0. The molecule has 0 aliphatic carbocycles. The smallest absolute Gasteiger partial charge is 0.0667 e. The monoisotopic (exact) mass is 231 g/mol. The first-order valence-corrected chi connectivity index (χ1v) is 6.41. The van der Waals surface area contributed by atoms with Crippen LogP contribution >= 0.6 is 0 Å². The highest BCUT2D eigenvalue weighted by Gasteiger charge is 1.98. The van der Waals surface area contributed by atoms with Crippen molar-refractivity contribution in [2.24, 2.45) is 0 Å². The summed E-state index contributed by atoms with van der Waals surface area (Å²) in [6.45, 7) is 13.9. The lowest BCUT2D eigenvalue weighted by atomic mass is 10.4. The molecule has 0 saturated heterocycles. The first kappa shape index (κ1) is 15.8. The van der Waals surface area contributed by atoms with E-state index in [1.165, 1.54) is 0 Å². The summed E-state index contributed by atoms with van der Waals surface area (Å²) in [6, 6.07) is 0. The molecule has 0 bridgehead atoms. The van der Waals surface area contributed by atoms with E-state index in [0.29, 0.717) is 6.10 Å². The molecule has 0 aromatic rings. The number of methoxy groups -OCH3 is 1. The fraction of sp³-hybridized carbons (Fsp3) is 1.00. The summed E-state index contributed by atoms with van der Waals surface area (Å²) in [5, 5.41) is 6.78. The largest absolute Gasteiger partial charge is 0.380 e. The Kier molecular flexibility index (Phi) is 11.2. The Morgan fingerprint density at radius 3 is 2.25 bits per heavy atom. The van der Waals surface area contributed by atoms with E-state index in [-0.39, 0.29) is 0 Å². The fourth-order valence-electron chi connectivity index (χ4n) is 1.47. The number of likely N-dealkylation sites (N-methyl/N-ethyl adjacent to an activating group) is 1. The molecule has 1 unspecified atom stereocenters. The van der Waals surface area contributed by atoms with Crippen molar-refractivity contribution in [3.05, 3.63) is 0 Å². The topological polar surface area (TPSA) is 36.5 Å². The Balaban J connectivity index is 3.15. The predicted octanol–water partition coefficient (Wildman–Crippen LogP) is 0.542. The van der Waals surface area contributed by atoms with Gasteiger partial charge in [-0.2, -0.15) is 0 Å². The van der Waals surface area contributed by atoms with Crippen LogP contribution in [0.25, 0.3) is 0 Å². The molecule has 0 aliphatic rings. The third kappa shape index (κ3) is 9.09. The second-order valence-corrected chi connectivity index (χ2v) is 4.03. The van der Waals surface area contributed by atoms with Gasteiger partial charge in [-0.3, -0.25) is 0 Å². The van der Waals surface area contributed by atoms with Gasteiger partial charge in [-0.15, -0.1) is 0 Å². The molecule has 4 heteroatoms. The number of rotatable bonds is 11. The van der Waals surface area contributed by atoms with Gasteiger partial charge in [0.2, 0.25) is 0 Å². The molecule has 4 nitrogen and oxygen atoms in total. The van der Waals surface area contributed by atoms with Crippen molar-refractivity contribution < 1.29 is 4.74 Å². The minimum absolute atomic E-state index is 0.302. The molecule has 0 fully saturated rings. The number of hydrogen-bond donors (Lipinski definition) is 2. The molecule has 0 aromatic carbocycles. The maximum absolute atomic E-state index is 5.15. The van der Waals surface area contributed by atoms with Crippen LogP contribution in [0.15, 0.2) is 0 Å². The van der Waals surface area contributed by atoms with Crippen LogP contribution < -0.4 is 10.6 Å². The molecular formula is C12H29N3O. The van der Waals surface area contributed by atoms with Gasteiger partial charge in [-0.1, -0.05) is 13.8 Å². The van der Waals surface area contributed by atoms with Crippen molar-refractivity contribution in [2.75, 3.05) is 52.9 Å². The zero-order valence-electron chi connectivity index (χ0n) is 11.4. The van der Waals surface area contributed by atoms with E-state index in [9.17, 15) is 0 Å². The van der Waals surface area contributed by atoms with E-state index in [0.717, 1.165) is 45.8 Å². The minimum Gasteiger partial charge on any atom is -0.380 e. The second-order valence-electron chi connectivity index (χ2n) is 4.03. The van der Waals surface area contributed by atoms with E-state index >= 15 is 0 Å². The summed E-state index contributed by atoms with van der Waals surface area (Å²) >= 11 is 0. The molecule has 0 radical (unpaired) electrons. The van der Waals surface area contributed by atoms with E-state index < -0.39 is 0 Å². The first-order valence-electron chi connectivity index (χ1n) is 6.41. The summed E-state index contributed by atoms with van der Waals surface area (Å²) in [5.41, 5.74) is 0. The van der Waals surface area contributed by atoms with E-state index in [1.807, 2.05) is 0 Å². The SMILES string of the molecule is CCN(CC)CCNCCNCC(C)OC. The van der Waals surface area contributed by atoms with Gasteiger partial charge >= 0.3 is 0 Å². The van der Waals surface area contributed by atoms with Gasteiger partial charge in [0.15, 0.2) is 0 Å². The molecule has 0 spiro atoms. The normalized spacial score (nSPS) is 13.3. The average molecular weight is 231 g/mol. The van der Waals surface area contributed by atoms with Crippen LogP contribution in [0.3, 0.4) is 0 Å². The van der Waals surface area contributed by atoms with Crippen LogP contribution in [-0.2, 0) is 4.74 Å². The Hall–Kier alpha value is -0.160. The Morgan fingerprint density at radius 2 is 1.69 bits per heavy atom. The molecule has 98 valence electrons. The number of nitrogens with zero attached hydrogens (tertiary/aromatic N) is 1. The van der Waals surface area contributed by atoms with E-state index in [2.05, 4.69) is 36.3 Å². The molecule has 0 saturated carbocycles. The zero-order valence-corrected chi connectivity index (χ0v) is 11.4. The molecule has 2 N–H and O–H groups in total. The van der Waals surface area contributed by atoms with E-state index in [1.54, 1.807) is 7.11 Å². The minimum atomic E-state index is 0.302. The molecule has 0 rings (SSSR count). The highest BCUT2D eigenvalue weighted by molar-refractivity contribution is 4.59. The van der Waals surface area contributed by atoms with Crippen LogP contribution in [0, 0.1) is 0 Å². The second kappa shape index (κ2) is 11.3. The fourth-order valence-corrected chi connectivity index (χ4v) is 1.47. The van der Waals surface area contributed by atoms with Gasteiger partial charge in [0.05, 0.1) is 6.10 Å². The highest BCUT2D eigenvalue weighted by atomic mass is 16.5. The van der Waals surface area contributed by atoms with Crippen molar-refractivity contribution in [3.63, 3.8) is 0 Å². The average Bonchev–Trinajstić information content (AvgIpc) is 2.32. The van der Waals surface area contributed by atoms with Crippen LogP contribution in [0.2, 0.25) is 0 Å². The molecule has 0 aliphatic heterocycles. The van der Waals surface area contributed by atoms with Gasteiger partial charge in [-0.05, 0) is 20.0 Å². The third-order valence-electron chi connectivity index (χ3n) is 2.81. The summed E-state index contributed by atoms with van der Waals surface area (Å²) in [4.78, 5) is 2.42. The Morgan fingerprint density at radius 1 is 1.06 bits per heavy atom. The van der Waals surface area contributed by atoms with Crippen LogP contribution in [0.4, 0.5) is 0 Å². The van der Waals surface area contributed by atoms with Crippen LogP contribution in [-0.4, -0.2) is 63.9 Å². The lowest BCUT2D eigenvalue weighted by Gasteiger charge is -2.18. The predicted molar refractivity (Wildman–Crippen MR) is 70.0 cm³/mol. The van der Waals surface area contributed by atoms with Gasteiger partial charge in [0, 0.05) is 39.8 Å². The number of nitrogens with one attached hydrogen (secondary N) is 2. The third-order valence-corrected chi connectivity index (χ3v) is 2.81. The Bertz CT molecular complexity index is 140. The van der Waals surface area contributed by atoms with Crippen molar-refractivity contribution in [1.82, 2.24) is 15.5 Å². The molecule has 0 amide bonds. The lowest BCUT2D eigenvalue weighted by Crippen LogP contribution is -2.36. The van der Waals surface area contributed by atoms with Crippen LogP contribution in [0.1, 0.15) is 20.8 Å². The molecule has 1 atom stereocenters. The molecule has 0 aromatic heterocycles. The standard InChI is InChI=1S/C12H29N3O/c1-5-15(6-2)10-9-13-7-8-14-11-12(3)16-4/h12-14H,5-11H2,1-4H3. The summed E-state index contributed by atoms with van der Waals surface area (Å²) < 4.78 is 5.15. The molecular weight excluding hydrogens is 202 g/mol. The Labute approximate surface area is 101 Å². The zero-order chi connectivity index (χ0) is 12.2.